The zero-order chi connectivity index (χ0) is 33.2. The molecule has 0 saturated carbocycles. The van der Waals surface area contributed by atoms with Crippen molar-refractivity contribution in [3.8, 4) is 11.1 Å². The van der Waals surface area contributed by atoms with Crippen LogP contribution in [0.1, 0.15) is 53.3 Å². The highest BCUT2D eigenvalue weighted by molar-refractivity contribution is 6.09. The third kappa shape index (κ3) is 6.04. The number of nitrogens with one attached hydrogen (secondary N) is 2. The molecule has 2 fully saturated rings. The van der Waals surface area contributed by atoms with E-state index in [2.05, 4.69) is 67.2 Å². The number of Topliss-reactive ketones (excluding diaryl/α,β-unsaturated/α-hetero) is 1. The number of ketones is 1. The summed E-state index contributed by atoms with van der Waals surface area (Å²) in [5.74, 6) is -0.0829. The molecule has 3 atom stereocenters. The van der Waals surface area contributed by atoms with Gasteiger partial charge in [-0.05, 0) is 60.8 Å². The first-order valence-corrected chi connectivity index (χ1v) is 17.2. The fourth-order valence-corrected chi connectivity index (χ4v) is 7.96. The van der Waals surface area contributed by atoms with Gasteiger partial charge in [-0.15, -0.1) is 0 Å². The fraction of sp³-hybridized carbons (Fsp3) is 0.359. The Bertz CT molecular complexity index is 1860. The van der Waals surface area contributed by atoms with Crippen LogP contribution in [-0.2, 0) is 4.79 Å². The van der Waals surface area contributed by atoms with Gasteiger partial charge in [0.15, 0.2) is 0 Å². The maximum Gasteiger partial charge on any atom is 0.253 e. The number of carbonyl (C=O) groups excluding carboxylic acids is 2. The van der Waals surface area contributed by atoms with E-state index < -0.39 is 11.9 Å². The summed E-state index contributed by atoms with van der Waals surface area (Å²) >= 11 is 0. The third-order valence-electron chi connectivity index (χ3n) is 10.6. The Morgan fingerprint density at radius 1 is 0.896 bits per heavy atom. The molecule has 0 aliphatic carbocycles. The van der Waals surface area contributed by atoms with Crippen LogP contribution in [0.4, 0.5) is 5.82 Å². The van der Waals surface area contributed by atoms with Crippen LogP contribution in [0.25, 0.3) is 21.9 Å². The van der Waals surface area contributed by atoms with Crippen LogP contribution in [-0.4, -0.2) is 77.4 Å². The maximum absolute atomic E-state index is 15.1. The Morgan fingerprint density at radius 3 is 2.31 bits per heavy atom. The molecule has 2 aliphatic heterocycles. The summed E-state index contributed by atoms with van der Waals surface area (Å²) in [7, 11) is 2.12. The lowest BCUT2D eigenvalue weighted by Crippen LogP contribution is -2.47. The molecule has 2 saturated heterocycles. The Labute approximate surface area is 282 Å². The summed E-state index contributed by atoms with van der Waals surface area (Å²) in [6.07, 6.45) is 7.38. The van der Waals surface area contributed by atoms with Crippen LogP contribution < -0.4 is 16.0 Å². The van der Waals surface area contributed by atoms with Crippen LogP contribution in [0.2, 0.25) is 0 Å². The molecule has 2 aliphatic rings. The highest BCUT2D eigenvalue weighted by Crippen LogP contribution is 2.45. The standard InChI is InChI=1S/C39H45N7O2/c1-26(27-9-4-3-5-10-27)37(47)34(29-15-17-41-18-16-29)36(33-23-42-25-43-33)46-24-32(31-14-8-12-28-11-6-7-13-30(28)31)35(38(40)48)39(46)45-21-19-44(2)20-22-45/h3-14,23-26,29,34,36,41H,15-22H2,1-2H3,(H2,40,48)(H,42,43). The molecule has 7 rings (SSSR count). The summed E-state index contributed by atoms with van der Waals surface area (Å²) < 4.78 is 2.21. The molecule has 1 amide bonds. The number of nitrogens with two attached hydrogens (primary N) is 1. The number of anilines is 1. The van der Waals surface area contributed by atoms with Gasteiger partial charge >= 0.3 is 0 Å². The number of imidazole rings is 1. The summed E-state index contributed by atoms with van der Waals surface area (Å²) in [6, 6.07) is 24.1. The molecule has 4 heterocycles. The highest BCUT2D eigenvalue weighted by Gasteiger charge is 2.43. The molecule has 0 bridgehead atoms. The summed E-state index contributed by atoms with van der Waals surface area (Å²) in [4.78, 5) is 41.3. The Balaban J connectivity index is 1.49. The zero-order valence-electron chi connectivity index (χ0n) is 27.8. The van der Waals surface area contributed by atoms with E-state index in [1.807, 2.05) is 61.7 Å². The zero-order valence-corrected chi connectivity index (χ0v) is 27.8. The number of piperazine rings is 1. The number of fused-ring (bicyclic) bond motifs is 1. The van der Waals surface area contributed by atoms with Gasteiger partial charge < -0.3 is 30.4 Å². The first kappa shape index (κ1) is 31.8. The number of benzene rings is 3. The van der Waals surface area contributed by atoms with Crippen LogP contribution in [0.5, 0.6) is 0 Å². The summed E-state index contributed by atoms with van der Waals surface area (Å²) in [5, 5.41) is 5.64. The number of aromatic nitrogens is 3. The maximum atomic E-state index is 15.1. The van der Waals surface area contributed by atoms with Crippen LogP contribution in [0, 0.1) is 11.8 Å². The Morgan fingerprint density at radius 2 is 1.60 bits per heavy atom. The smallest absolute Gasteiger partial charge is 0.253 e. The van der Waals surface area contributed by atoms with E-state index in [0.717, 1.165) is 91.1 Å². The van der Waals surface area contributed by atoms with Crippen molar-refractivity contribution in [2.24, 2.45) is 17.6 Å². The predicted octanol–water partition coefficient (Wildman–Crippen LogP) is 5.46. The first-order chi connectivity index (χ1) is 23.4. The number of likely N-dealkylation sites (N-methyl/N-ethyl adjacent to an activating group) is 1. The lowest BCUT2D eigenvalue weighted by molar-refractivity contribution is -0.127. The Hall–Kier alpha value is -4.73. The number of aromatic amines is 1. The molecular weight excluding hydrogens is 598 g/mol. The Kier molecular flexibility index (Phi) is 9.15. The molecule has 9 heteroatoms. The second kappa shape index (κ2) is 13.8. The summed E-state index contributed by atoms with van der Waals surface area (Å²) in [6.45, 7) is 6.91. The fourth-order valence-electron chi connectivity index (χ4n) is 7.96. The number of hydrogen-bond acceptors (Lipinski definition) is 6. The molecule has 3 unspecified atom stereocenters. The number of carbonyl (C=O) groups is 2. The van der Waals surface area contributed by atoms with Crippen molar-refractivity contribution in [1.29, 1.82) is 0 Å². The van der Waals surface area contributed by atoms with Gasteiger partial charge in [-0.3, -0.25) is 9.59 Å². The van der Waals surface area contributed by atoms with Gasteiger partial charge in [-0.1, -0.05) is 79.7 Å². The minimum Gasteiger partial charge on any atom is -0.365 e. The minimum absolute atomic E-state index is 0.124. The normalized spacial score (nSPS) is 18.1. The van der Waals surface area contributed by atoms with Crippen molar-refractivity contribution in [1.82, 2.24) is 24.8 Å². The average Bonchev–Trinajstić information content (AvgIpc) is 3.80. The van der Waals surface area contributed by atoms with Gasteiger partial charge in [0.05, 0.1) is 29.8 Å². The van der Waals surface area contributed by atoms with Gasteiger partial charge in [-0.2, -0.15) is 0 Å². The number of amides is 1. The average molecular weight is 644 g/mol. The van der Waals surface area contributed by atoms with Gasteiger partial charge in [-0.25, -0.2) is 4.98 Å². The summed E-state index contributed by atoms with van der Waals surface area (Å²) in [5.41, 5.74) is 10.5. The lowest BCUT2D eigenvalue weighted by atomic mass is 9.72. The second-order valence-corrected chi connectivity index (χ2v) is 13.4. The van der Waals surface area contributed by atoms with E-state index in [1.54, 1.807) is 6.33 Å². The van der Waals surface area contributed by atoms with Gasteiger partial charge in [0.25, 0.3) is 5.91 Å². The number of rotatable bonds is 10. The molecule has 3 aromatic carbocycles. The van der Waals surface area contributed by atoms with E-state index in [1.165, 1.54) is 0 Å². The molecule has 4 N–H and O–H groups in total. The van der Waals surface area contributed by atoms with Crippen LogP contribution >= 0.6 is 0 Å². The second-order valence-electron chi connectivity index (χ2n) is 13.4. The minimum atomic E-state index is -0.476. The molecule has 5 aromatic rings. The van der Waals surface area contributed by atoms with Crippen molar-refractivity contribution in [2.45, 2.75) is 31.7 Å². The van der Waals surface area contributed by atoms with E-state index in [0.29, 0.717) is 5.56 Å². The molecule has 0 radical (unpaired) electrons. The lowest BCUT2D eigenvalue weighted by Gasteiger charge is -2.40. The van der Waals surface area contributed by atoms with Crippen molar-refractivity contribution in [2.75, 3.05) is 51.2 Å². The number of hydrogen-bond donors (Lipinski definition) is 3. The molecular formula is C39H45N7O2. The SMILES string of the molecule is CC(C(=O)C(C1CCNCC1)C(c1cnc[nH]1)n1cc(-c2cccc3ccccc23)c(C(N)=O)c1N1CCN(C)CC1)c1ccccc1. The van der Waals surface area contributed by atoms with Crippen molar-refractivity contribution >= 4 is 28.3 Å². The van der Waals surface area contributed by atoms with E-state index >= 15 is 4.79 Å². The van der Waals surface area contributed by atoms with Crippen molar-refractivity contribution in [3.05, 3.63) is 108 Å². The van der Waals surface area contributed by atoms with Crippen LogP contribution in [0.3, 0.4) is 0 Å². The van der Waals surface area contributed by atoms with E-state index in [-0.39, 0.29) is 23.5 Å². The monoisotopic (exact) mass is 643 g/mol. The molecule has 48 heavy (non-hydrogen) atoms. The van der Waals surface area contributed by atoms with E-state index in [4.69, 9.17) is 5.73 Å². The quantitative estimate of drug-likeness (QED) is 0.186. The van der Waals surface area contributed by atoms with Gasteiger partial charge in [0, 0.05) is 49.8 Å². The third-order valence-corrected chi connectivity index (χ3v) is 10.6. The largest absolute Gasteiger partial charge is 0.365 e. The van der Waals surface area contributed by atoms with Crippen LogP contribution in [0.15, 0.2) is 91.5 Å². The predicted molar refractivity (Wildman–Crippen MR) is 191 cm³/mol. The van der Waals surface area contributed by atoms with Crippen molar-refractivity contribution < 1.29 is 9.59 Å². The van der Waals surface area contributed by atoms with Gasteiger partial charge in [0.1, 0.15) is 11.6 Å². The molecule has 2 aromatic heterocycles. The molecule has 9 nitrogen and oxygen atoms in total. The number of H-pyrrole nitrogens is 1. The number of piperidine rings is 1. The van der Waals surface area contributed by atoms with E-state index in [9.17, 15) is 4.79 Å². The van der Waals surface area contributed by atoms with Crippen molar-refractivity contribution in [3.63, 3.8) is 0 Å². The number of nitrogens with zero attached hydrogens (tertiary/aromatic N) is 4. The molecule has 0 spiro atoms. The van der Waals surface area contributed by atoms with Gasteiger partial charge in [0.2, 0.25) is 0 Å². The highest BCUT2D eigenvalue weighted by atomic mass is 16.1. The number of primary amides is 1. The topological polar surface area (TPSA) is 112 Å². The first-order valence-electron chi connectivity index (χ1n) is 17.2. The molecule has 248 valence electrons.